The van der Waals surface area contributed by atoms with Crippen LogP contribution in [0.2, 0.25) is 0 Å². The smallest absolute Gasteiger partial charge is 0.00930 e. The summed E-state index contributed by atoms with van der Waals surface area (Å²) in [6, 6.07) is 0.649. The van der Waals surface area contributed by atoms with Crippen LogP contribution in [0.15, 0.2) is 0 Å². The van der Waals surface area contributed by atoms with Crippen molar-refractivity contribution >= 4 is 0 Å². The zero-order chi connectivity index (χ0) is 7.61. The molecule has 3 N–H and O–H groups in total. The molecule has 1 atom stereocenters. The Morgan fingerprint density at radius 1 is 1.60 bits per heavy atom. The minimum atomic E-state index is 0.592. The van der Waals surface area contributed by atoms with Gasteiger partial charge in [-0.2, -0.15) is 0 Å². The molecule has 2 heteroatoms. The number of nitrogens with one attached hydrogen (secondary N) is 1. The second kappa shape index (κ2) is 2.89. The van der Waals surface area contributed by atoms with Crippen molar-refractivity contribution in [3.8, 4) is 0 Å². The first-order valence-corrected chi connectivity index (χ1v) is 4.12. The quantitative estimate of drug-likeness (QED) is 0.607. The van der Waals surface area contributed by atoms with Gasteiger partial charge in [0.2, 0.25) is 0 Å². The average molecular weight is 142 g/mol. The first-order valence-electron chi connectivity index (χ1n) is 4.12. The molecule has 0 aliphatic heterocycles. The lowest BCUT2D eigenvalue weighted by Crippen LogP contribution is -2.36. The molecule has 1 aliphatic carbocycles. The summed E-state index contributed by atoms with van der Waals surface area (Å²) in [6.07, 6.45) is 2.76. The lowest BCUT2D eigenvalue weighted by Gasteiger charge is -2.19. The van der Waals surface area contributed by atoms with Crippen molar-refractivity contribution in [1.29, 1.82) is 0 Å². The van der Waals surface area contributed by atoms with Crippen LogP contribution in [0, 0.1) is 5.41 Å². The fraction of sp³-hybridized carbons (Fsp3) is 1.00. The molecule has 0 saturated heterocycles. The van der Waals surface area contributed by atoms with Crippen LogP contribution in [0.3, 0.4) is 0 Å². The summed E-state index contributed by atoms with van der Waals surface area (Å²) in [7, 11) is 0. The van der Waals surface area contributed by atoms with Crippen LogP contribution in [-0.4, -0.2) is 19.1 Å². The molecule has 10 heavy (non-hydrogen) atoms. The highest BCUT2D eigenvalue weighted by Crippen LogP contribution is 2.47. The van der Waals surface area contributed by atoms with Gasteiger partial charge in [0.25, 0.3) is 0 Å². The molecule has 0 amide bonds. The lowest BCUT2D eigenvalue weighted by atomic mass is 10.0. The fourth-order valence-corrected chi connectivity index (χ4v) is 1.18. The van der Waals surface area contributed by atoms with E-state index in [9.17, 15) is 0 Å². The van der Waals surface area contributed by atoms with E-state index < -0.39 is 0 Å². The second-order valence-corrected chi connectivity index (χ2v) is 3.62. The van der Waals surface area contributed by atoms with Gasteiger partial charge in [-0.1, -0.05) is 6.92 Å². The molecular weight excluding hydrogens is 124 g/mol. The highest BCUT2D eigenvalue weighted by molar-refractivity contribution is 4.96. The molecule has 1 unspecified atom stereocenters. The average Bonchev–Trinajstić information content (AvgIpc) is 2.64. The Morgan fingerprint density at radius 2 is 2.20 bits per heavy atom. The van der Waals surface area contributed by atoms with Crippen molar-refractivity contribution in [2.45, 2.75) is 32.7 Å². The van der Waals surface area contributed by atoms with E-state index in [1.807, 2.05) is 0 Å². The Bertz CT molecular complexity index is 108. The van der Waals surface area contributed by atoms with Gasteiger partial charge in [-0.05, 0) is 25.2 Å². The summed E-state index contributed by atoms with van der Waals surface area (Å²) in [5.74, 6) is 0. The molecule has 0 bridgehead atoms. The first-order chi connectivity index (χ1) is 4.69. The van der Waals surface area contributed by atoms with Gasteiger partial charge in [-0.3, -0.25) is 0 Å². The van der Waals surface area contributed by atoms with Crippen LogP contribution in [0.25, 0.3) is 0 Å². The van der Waals surface area contributed by atoms with Crippen molar-refractivity contribution in [1.82, 2.24) is 5.32 Å². The zero-order valence-electron chi connectivity index (χ0n) is 6.98. The van der Waals surface area contributed by atoms with Crippen LogP contribution in [0.1, 0.15) is 26.7 Å². The van der Waals surface area contributed by atoms with Gasteiger partial charge < -0.3 is 11.1 Å². The largest absolute Gasteiger partial charge is 0.329 e. The Labute approximate surface area is 63.2 Å². The van der Waals surface area contributed by atoms with Crippen LogP contribution in [-0.2, 0) is 0 Å². The predicted octanol–water partition coefficient (Wildman–Crippen LogP) is 0.723. The molecule has 0 aromatic carbocycles. The number of hydrogen-bond acceptors (Lipinski definition) is 2. The fourth-order valence-electron chi connectivity index (χ4n) is 1.18. The lowest BCUT2D eigenvalue weighted by molar-refractivity contribution is 0.385. The maximum Gasteiger partial charge on any atom is 0.00930 e. The van der Waals surface area contributed by atoms with Crippen LogP contribution < -0.4 is 11.1 Å². The van der Waals surface area contributed by atoms with Crippen molar-refractivity contribution in [2.75, 3.05) is 13.1 Å². The summed E-state index contributed by atoms with van der Waals surface area (Å²) < 4.78 is 0. The maximum atomic E-state index is 5.38. The topological polar surface area (TPSA) is 38.0 Å². The first kappa shape index (κ1) is 8.02. The van der Waals surface area contributed by atoms with Crippen molar-refractivity contribution in [3.05, 3.63) is 0 Å². The van der Waals surface area contributed by atoms with E-state index in [2.05, 4.69) is 19.2 Å². The van der Waals surface area contributed by atoms with Crippen LogP contribution >= 0.6 is 0 Å². The molecule has 0 radical (unpaired) electrons. The Morgan fingerprint density at radius 3 is 2.60 bits per heavy atom. The third-order valence-electron chi connectivity index (χ3n) is 2.68. The summed E-state index contributed by atoms with van der Waals surface area (Å²) in [4.78, 5) is 0. The summed E-state index contributed by atoms with van der Waals surface area (Å²) in [6.45, 7) is 6.29. The summed E-state index contributed by atoms with van der Waals surface area (Å²) in [5, 5.41) is 3.41. The number of rotatable bonds is 4. The molecule has 1 saturated carbocycles. The highest BCUT2D eigenvalue weighted by atomic mass is 14.9. The van der Waals surface area contributed by atoms with E-state index in [4.69, 9.17) is 5.73 Å². The van der Waals surface area contributed by atoms with Gasteiger partial charge in [0.05, 0.1) is 0 Å². The molecule has 0 aromatic rings. The van der Waals surface area contributed by atoms with Gasteiger partial charge in [-0.25, -0.2) is 0 Å². The molecule has 0 aromatic heterocycles. The Balaban J connectivity index is 2.15. The number of nitrogens with two attached hydrogens (primary N) is 1. The molecular formula is C8H18N2. The monoisotopic (exact) mass is 142 g/mol. The SMILES string of the molecule is CC(NCCN)C1(C)CC1. The van der Waals surface area contributed by atoms with E-state index in [0.29, 0.717) is 11.5 Å². The minimum absolute atomic E-state index is 0.592. The van der Waals surface area contributed by atoms with Crippen molar-refractivity contribution in [2.24, 2.45) is 11.1 Å². The molecule has 1 rings (SSSR count). The van der Waals surface area contributed by atoms with E-state index in [-0.39, 0.29) is 0 Å². The van der Waals surface area contributed by atoms with Crippen molar-refractivity contribution < 1.29 is 0 Å². The zero-order valence-corrected chi connectivity index (χ0v) is 6.98. The molecule has 1 fully saturated rings. The van der Waals surface area contributed by atoms with Crippen molar-refractivity contribution in [3.63, 3.8) is 0 Å². The Kier molecular flexibility index (Phi) is 2.32. The standard InChI is InChI=1S/C8H18N2/c1-7(10-6-5-9)8(2)3-4-8/h7,10H,3-6,9H2,1-2H3. The van der Waals surface area contributed by atoms with E-state index in [1.165, 1.54) is 12.8 Å². The molecule has 0 spiro atoms. The maximum absolute atomic E-state index is 5.38. The van der Waals surface area contributed by atoms with Gasteiger partial charge in [-0.15, -0.1) is 0 Å². The van der Waals surface area contributed by atoms with Gasteiger partial charge >= 0.3 is 0 Å². The molecule has 1 aliphatic rings. The van der Waals surface area contributed by atoms with Gasteiger partial charge in [0, 0.05) is 19.1 Å². The molecule has 0 heterocycles. The van der Waals surface area contributed by atoms with E-state index in [1.54, 1.807) is 0 Å². The minimum Gasteiger partial charge on any atom is -0.329 e. The summed E-state index contributed by atoms with van der Waals surface area (Å²) >= 11 is 0. The van der Waals surface area contributed by atoms with E-state index >= 15 is 0 Å². The second-order valence-electron chi connectivity index (χ2n) is 3.62. The summed E-state index contributed by atoms with van der Waals surface area (Å²) in [5.41, 5.74) is 5.97. The third-order valence-corrected chi connectivity index (χ3v) is 2.68. The highest BCUT2D eigenvalue weighted by Gasteiger charge is 2.41. The Hall–Kier alpha value is -0.0800. The van der Waals surface area contributed by atoms with E-state index in [0.717, 1.165) is 13.1 Å². The van der Waals surface area contributed by atoms with Crippen LogP contribution in [0.5, 0.6) is 0 Å². The third kappa shape index (κ3) is 1.70. The molecule has 60 valence electrons. The predicted molar refractivity (Wildman–Crippen MR) is 43.9 cm³/mol. The normalized spacial score (nSPS) is 24.3. The molecule has 2 nitrogen and oxygen atoms in total. The van der Waals surface area contributed by atoms with Gasteiger partial charge in [0.15, 0.2) is 0 Å². The van der Waals surface area contributed by atoms with Gasteiger partial charge in [0.1, 0.15) is 0 Å². The number of hydrogen-bond donors (Lipinski definition) is 2. The van der Waals surface area contributed by atoms with Crippen LogP contribution in [0.4, 0.5) is 0 Å².